The highest BCUT2D eigenvalue weighted by Crippen LogP contribution is 2.41. The van der Waals surface area contributed by atoms with Crippen molar-refractivity contribution in [2.75, 3.05) is 0 Å². The summed E-state index contributed by atoms with van der Waals surface area (Å²) < 4.78 is 0. The van der Waals surface area contributed by atoms with E-state index in [9.17, 15) is 5.11 Å². The van der Waals surface area contributed by atoms with Gasteiger partial charge in [-0.25, -0.2) is 0 Å². The molecule has 3 rings (SSSR count). The van der Waals surface area contributed by atoms with E-state index in [1.165, 1.54) is 11.1 Å². The van der Waals surface area contributed by atoms with Crippen molar-refractivity contribution in [2.24, 2.45) is 0 Å². The zero-order valence-corrected chi connectivity index (χ0v) is 20.8. The molecule has 0 spiro atoms. The summed E-state index contributed by atoms with van der Waals surface area (Å²) in [6.07, 6.45) is 5.69. The van der Waals surface area contributed by atoms with Gasteiger partial charge in [0.1, 0.15) is 5.75 Å². The summed E-state index contributed by atoms with van der Waals surface area (Å²) in [5.74, 6) is 0.662. The van der Waals surface area contributed by atoms with Crippen molar-refractivity contribution < 1.29 is 5.11 Å². The Balaban J connectivity index is 0.00000187. The van der Waals surface area contributed by atoms with Gasteiger partial charge in [0.25, 0.3) is 0 Å². The molecule has 0 amide bonds. The average Bonchev–Trinajstić information content (AvgIpc) is 2.88. The molecule has 0 aliphatic rings. The van der Waals surface area contributed by atoms with Crippen molar-refractivity contribution >= 4 is 0 Å². The first-order chi connectivity index (χ1) is 15.9. The fourth-order valence-corrected chi connectivity index (χ4v) is 4.01. The number of allylic oxidation sites excluding steroid dienone is 4. The molecule has 172 valence electrons. The highest BCUT2D eigenvalue weighted by Gasteiger charge is 2.22. The first kappa shape index (κ1) is 25.9. The second kappa shape index (κ2) is 12.6. The lowest BCUT2D eigenvalue weighted by atomic mass is 9.81. The number of phenolic OH excluding ortho intramolecular Hbond substituents is 1. The van der Waals surface area contributed by atoms with Gasteiger partial charge in [-0.1, -0.05) is 139 Å². The van der Waals surface area contributed by atoms with E-state index in [1.54, 1.807) is 6.08 Å². The number of benzene rings is 3. The summed E-state index contributed by atoms with van der Waals surface area (Å²) in [7, 11) is 0. The topological polar surface area (TPSA) is 20.2 Å². The third-order valence-corrected chi connectivity index (χ3v) is 6.23. The molecule has 0 heterocycles. The van der Waals surface area contributed by atoms with Crippen molar-refractivity contribution in [1.82, 2.24) is 0 Å². The van der Waals surface area contributed by atoms with Crippen LogP contribution in [0.3, 0.4) is 0 Å². The lowest BCUT2D eigenvalue weighted by Crippen LogP contribution is -2.06. The predicted molar refractivity (Wildman–Crippen MR) is 144 cm³/mol. The summed E-state index contributed by atoms with van der Waals surface area (Å²) >= 11 is 0. The average molecular weight is 439 g/mol. The number of rotatable bonds is 8. The second-order valence-corrected chi connectivity index (χ2v) is 8.20. The lowest BCUT2D eigenvalue weighted by Gasteiger charge is -2.24. The molecular formula is C32H38O. The van der Waals surface area contributed by atoms with Crippen molar-refractivity contribution in [2.45, 2.75) is 52.4 Å². The molecule has 3 atom stereocenters. The van der Waals surface area contributed by atoms with E-state index in [2.05, 4.69) is 70.3 Å². The molecule has 33 heavy (non-hydrogen) atoms. The zero-order valence-electron chi connectivity index (χ0n) is 20.8. The molecule has 3 aromatic rings. The van der Waals surface area contributed by atoms with E-state index in [1.807, 2.05) is 62.4 Å². The second-order valence-electron chi connectivity index (χ2n) is 8.20. The van der Waals surface area contributed by atoms with E-state index in [0.717, 1.165) is 22.3 Å². The molecule has 0 aromatic heterocycles. The van der Waals surface area contributed by atoms with Gasteiger partial charge in [-0.3, -0.25) is 0 Å². The molecule has 1 nitrogen and oxygen atoms in total. The first-order valence-electron chi connectivity index (χ1n) is 11.9. The van der Waals surface area contributed by atoms with E-state index in [0.29, 0.717) is 5.75 Å². The molecule has 1 heteroatoms. The molecule has 0 saturated carbocycles. The maximum atomic E-state index is 11.4. The SMILES string of the molecule is C=C/C=C\C(=C)C(C)c1cc(C(C)c2ccccc2)c(O)c(C(C)c2ccccc2)c1.CC. The van der Waals surface area contributed by atoms with Gasteiger partial charge in [-0.05, 0) is 22.3 Å². The molecule has 0 saturated heterocycles. The van der Waals surface area contributed by atoms with E-state index < -0.39 is 0 Å². The van der Waals surface area contributed by atoms with Gasteiger partial charge in [0.15, 0.2) is 0 Å². The molecule has 0 bridgehead atoms. The van der Waals surface area contributed by atoms with Gasteiger partial charge in [-0.15, -0.1) is 0 Å². The van der Waals surface area contributed by atoms with Crippen LogP contribution in [0.4, 0.5) is 0 Å². The Hall–Kier alpha value is -3.32. The molecule has 0 aliphatic heterocycles. The predicted octanol–water partition coefficient (Wildman–Crippen LogP) is 9.12. The Morgan fingerprint density at radius 2 is 1.18 bits per heavy atom. The van der Waals surface area contributed by atoms with Crippen LogP contribution in [-0.2, 0) is 0 Å². The van der Waals surface area contributed by atoms with Crippen LogP contribution in [0.5, 0.6) is 5.75 Å². The Bertz CT molecular complexity index is 994. The highest BCUT2D eigenvalue weighted by atomic mass is 16.3. The third kappa shape index (κ3) is 6.35. The fourth-order valence-electron chi connectivity index (χ4n) is 4.01. The summed E-state index contributed by atoms with van der Waals surface area (Å²) in [4.78, 5) is 0. The van der Waals surface area contributed by atoms with Crippen molar-refractivity contribution in [3.05, 3.63) is 138 Å². The van der Waals surface area contributed by atoms with Gasteiger partial charge < -0.3 is 5.11 Å². The summed E-state index contributed by atoms with van der Waals surface area (Å²) in [5.41, 5.74) is 6.45. The minimum absolute atomic E-state index is 0.0760. The van der Waals surface area contributed by atoms with Crippen LogP contribution in [0.25, 0.3) is 0 Å². The highest BCUT2D eigenvalue weighted by molar-refractivity contribution is 5.53. The van der Waals surface area contributed by atoms with Crippen LogP contribution < -0.4 is 0 Å². The van der Waals surface area contributed by atoms with Crippen LogP contribution in [0.1, 0.15) is 80.2 Å². The minimum atomic E-state index is 0.0760. The van der Waals surface area contributed by atoms with Gasteiger partial charge >= 0.3 is 0 Å². The van der Waals surface area contributed by atoms with Crippen molar-refractivity contribution in [3.8, 4) is 5.75 Å². The van der Waals surface area contributed by atoms with Crippen LogP contribution in [-0.4, -0.2) is 5.11 Å². The number of aromatic hydroxyl groups is 1. The maximum Gasteiger partial charge on any atom is 0.123 e. The van der Waals surface area contributed by atoms with Gasteiger partial charge in [0, 0.05) is 28.9 Å². The van der Waals surface area contributed by atoms with Crippen LogP contribution in [0.15, 0.2) is 110 Å². The first-order valence-corrected chi connectivity index (χ1v) is 11.9. The van der Waals surface area contributed by atoms with Crippen LogP contribution in [0.2, 0.25) is 0 Å². The van der Waals surface area contributed by atoms with E-state index in [-0.39, 0.29) is 17.8 Å². The monoisotopic (exact) mass is 438 g/mol. The van der Waals surface area contributed by atoms with Crippen LogP contribution in [0, 0.1) is 0 Å². The standard InChI is InChI=1S/C30H32O.C2H6/c1-6-7-14-21(2)22(3)27-19-28(23(4)25-15-10-8-11-16-25)30(31)29(20-27)24(5)26-17-12-9-13-18-26;1-2/h6-20,22-24,31H,1-2H2,3-5H3;1-2H3/b14-7-;. The number of hydrogen-bond donors (Lipinski definition) is 1. The third-order valence-electron chi connectivity index (χ3n) is 6.23. The molecule has 3 unspecified atom stereocenters. The number of hydrogen-bond acceptors (Lipinski definition) is 1. The molecular weight excluding hydrogens is 400 g/mol. The summed E-state index contributed by atoms with van der Waals surface area (Å²) in [6.45, 7) is 18.5. The quantitative estimate of drug-likeness (QED) is 0.348. The van der Waals surface area contributed by atoms with Gasteiger partial charge in [-0.2, -0.15) is 0 Å². The molecule has 0 fully saturated rings. The summed E-state index contributed by atoms with van der Waals surface area (Å²) in [6, 6.07) is 25.0. The summed E-state index contributed by atoms with van der Waals surface area (Å²) in [5, 5.41) is 11.4. The largest absolute Gasteiger partial charge is 0.507 e. The number of phenols is 1. The smallest absolute Gasteiger partial charge is 0.123 e. The van der Waals surface area contributed by atoms with Crippen molar-refractivity contribution in [3.63, 3.8) is 0 Å². The van der Waals surface area contributed by atoms with Crippen LogP contribution >= 0.6 is 0 Å². The fraction of sp³-hybridized carbons (Fsp3) is 0.250. The Morgan fingerprint density at radius 1 is 0.758 bits per heavy atom. The van der Waals surface area contributed by atoms with Crippen molar-refractivity contribution in [1.29, 1.82) is 0 Å². The Morgan fingerprint density at radius 3 is 1.58 bits per heavy atom. The van der Waals surface area contributed by atoms with E-state index >= 15 is 0 Å². The molecule has 0 aliphatic carbocycles. The Kier molecular flexibility index (Phi) is 9.94. The van der Waals surface area contributed by atoms with Gasteiger partial charge in [0.05, 0.1) is 0 Å². The normalized spacial score (nSPS) is 13.5. The Labute approximate surface area is 200 Å². The molecule has 1 N–H and O–H groups in total. The van der Waals surface area contributed by atoms with Gasteiger partial charge in [0.2, 0.25) is 0 Å². The molecule has 0 radical (unpaired) electrons. The zero-order chi connectivity index (χ0) is 24.4. The maximum absolute atomic E-state index is 11.4. The van der Waals surface area contributed by atoms with E-state index in [4.69, 9.17) is 0 Å². The molecule has 3 aromatic carbocycles. The lowest BCUT2D eigenvalue weighted by molar-refractivity contribution is 0.456. The minimum Gasteiger partial charge on any atom is -0.507 e.